The molecule has 21 heavy (non-hydrogen) atoms. The van der Waals surface area contributed by atoms with Crippen LogP contribution in [0, 0.1) is 0 Å². The number of nitrogens with zero attached hydrogens (tertiary/aromatic N) is 4. The number of esters is 1. The topological polar surface area (TPSA) is 69.9 Å². The highest BCUT2D eigenvalue weighted by Gasteiger charge is 2.34. The average Bonchev–Trinajstić information content (AvgIpc) is 3.15. The monoisotopic (exact) mass is 302 g/mol. The van der Waals surface area contributed by atoms with Gasteiger partial charge in [0.1, 0.15) is 5.25 Å². The smallest absolute Gasteiger partial charge is 0.319 e. The van der Waals surface area contributed by atoms with Gasteiger partial charge in [0.05, 0.1) is 6.61 Å². The molecule has 0 N–H and O–H groups in total. The molecule has 4 rings (SSSR count). The molecule has 0 amide bonds. The number of pyridine rings is 1. The number of carbonyl (C=O) groups excluding carboxylic acids is 1. The Bertz CT molecular complexity index is 669. The predicted octanol–water partition coefficient (Wildman–Crippen LogP) is 2.08. The maximum atomic E-state index is 11.6. The summed E-state index contributed by atoms with van der Waals surface area (Å²) in [5.74, 6) is 0.688. The van der Waals surface area contributed by atoms with E-state index in [1.807, 2.05) is 12.1 Å². The molecule has 2 aromatic rings. The van der Waals surface area contributed by atoms with Crippen molar-refractivity contribution in [1.82, 2.24) is 19.7 Å². The largest absolute Gasteiger partial charge is 0.465 e. The van der Waals surface area contributed by atoms with Crippen molar-refractivity contribution in [3.8, 4) is 11.4 Å². The van der Waals surface area contributed by atoms with Crippen molar-refractivity contribution < 1.29 is 9.53 Å². The Morgan fingerprint density at radius 1 is 1.29 bits per heavy atom. The van der Waals surface area contributed by atoms with Crippen LogP contribution in [-0.2, 0) is 9.53 Å². The van der Waals surface area contributed by atoms with Crippen molar-refractivity contribution in [3.63, 3.8) is 0 Å². The van der Waals surface area contributed by atoms with Crippen LogP contribution >= 0.6 is 11.8 Å². The minimum atomic E-state index is -0.159. The SMILES string of the molecule is O=C1OCC[C@@H]1Sc1nnc(-c2cccnc2)n1C1CC1. The third-order valence-electron chi connectivity index (χ3n) is 3.63. The lowest BCUT2D eigenvalue weighted by molar-refractivity contribution is -0.137. The highest BCUT2D eigenvalue weighted by atomic mass is 32.2. The van der Waals surface area contributed by atoms with Gasteiger partial charge in [-0.2, -0.15) is 0 Å². The van der Waals surface area contributed by atoms with Crippen molar-refractivity contribution in [2.24, 2.45) is 0 Å². The number of cyclic esters (lactones) is 1. The molecular weight excluding hydrogens is 288 g/mol. The molecule has 1 saturated carbocycles. The summed E-state index contributed by atoms with van der Waals surface area (Å²) >= 11 is 1.46. The average molecular weight is 302 g/mol. The molecule has 2 fully saturated rings. The number of ether oxygens (including phenoxy) is 1. The van der Waals surface area contributed by atoms with E-state index in [9.17, 15) is 4.79 Å². The van der Waals surface area contributed by atoms with Crippen LogP contribution in [0.15, 0.2) is 29.7 Å². The molecule has 2 aromatic heterocycles. The maximum Gasteiger partial charge on any atom is 0.319 e. The lowest BCUT2D eigenvalue weighted by Gasteiger charge is -2.09. The zero-order valence-corrected chi connectivity index (χ0v) is 12.1. The van der Waals surface area contributed by atoms with Crippen molar-refractivity contribution in [1.29, 1.82) is 0 Å². The Balaban J connectivity index is 1.68. The van der Waals surface area contributed by atoms with Crippen LogP contribution in [0.5, 0.6) is 0 Å². The van der Waals surface area contributed by atoms with Crippen molar-refractivity contribution >= 4 is 17.7 Å². The Labute approximate surface area is 125 Å². The van der Waals surface area contributed by atoms with E-state index in [1.54, 1.807) is 12.4 Å². The quantitative estimate of drug-likeness (QED) is 0.805. The highest BCUT2D eigenvalue weighted by Crippen LogP contribution is 2.42. The van der Waals surface area contributed by atoms with Gasteiger partial charge in [-0.3, -0.25) is 14.3 Å². The molecule has 108 valence electrons. The summed E-state index contributed by atoms with van der Waals surface area (Å²) in [5, 5.41) is 9.25. The van der Waals surface area contributed by atoms with Gasteiger partial charge < -0.3 is 4.74 Å². The van der Waals surface area contributed by atoms with Gasteiger partial charge in [0.15, 0.2) is 11.0 Å². The minimum Gasteiger partial charge on any atom is -0.465 e. The van der Waals surface area contributed by atoms with E-state index in [2.05, 4.69) is 19.7 Å². The fraction of sp³-hybridized carbons (Fsp3) is 0.429. The van der Waals surface area contributed by atoms with E-state index in [4.69, 9.17) is 4.74 Å². The van der Waals surface area contributed by atoms with Crippen molar-refractivity contribution in [3.05, 3.63) is 24.5 Å². The Kier molecular flexibility index (Phi) is 3.14. The number of rotatable bonds is 4. The molecule has 1 aliphatic carbocycles. The fourth-order valence-corrected chi connectivity index (χ4v) is 3.49. The van der Waals surface area contributed by atoms with Crippen LogP contribution in [0.3, 0.4) is 0 Å². The first-order chi connectivity index (χ1) is 10.3. The molecule has 0 bridgehead atoms. The Hall–Kier alpha value is -1.89. The third kappa shape index (κ3) is 2.42. The number of hydrogen-bond donors (Lipinski definition) is 0. The molecule has 1 aliphatic heterocycles. The van der Waals surface area contributed by atoms with Crippen molar-refractivity contribution in [2.45, 2.75) is 35.7 Å². The van der Waals surface area contributed by atoms with E-state index < -0.39 is 0 Å². The fourth-order valence-electron chi connectivity index (χ4n) is 2.42. The van der Waals surface area contributed by atoms with Gasteiger partial charge in [0, 0.05) is 30.4 Å². The summed E-state index contributed by atoms with van der Waals surface area (Å²) in [6.45, 7) is 0.504. The molecule has 0 unspecified atom stereocenters. The summed E-state index contributed by atoms with van der Waals surface area (Å²) in [5.41, 5.74) is 0.956. The second-order valence-corrected chi connectivity index (χ2v) is 6.38. The zero-order valence-electron chi connectivity index (χ0n) is 11.3. The van der Waals surface area contributed by atoms with Gasteiger partial charge in [-0.15, -0.1) is 10.2 Å². The molecule has 0 spiro atoms. The molecule has 1 atom stereocenters. The van der Waals surface area contributed by atoms with Crippen LogP contribution in [0.4, 0.5) is 0 Å². The lowest BCUT2D eigenvalue weighted by atomic mass is 10.3. The van der Waals surface area contributed by atoms with Gasteiger partial charge in [0.2, 0.25) is 0 Å². The van der Waals surface area contributed by atoms with E-state index in [1.165, 1.54) is 11.8 Å². The second kappa shape index (κ2) is 5.14. The number of carbonyl (C=O) groups is 1. The molecular formula is C14H14N4O2S. The number of hydrogen-bond acceptors (Lipinski definition) is 6. The maximum absolute atomic E-state index is 11.6. The third-order valence-corrected chi connectivity index (χ3v) is 4.83. The summed E-state index contributed by atoms with van der Waals surface area (Å²) in [6, 6.07) is 4.31. The second-order valence-electron chi connectivity index (χ2n) is 5.21. The van der Waals surface area contributed by atoms with E-state index in [0.717, 1.165) is 35.8 Å². The number of thioether (sulfide) groups is 1. The number of aromatic nitrogens is 4. The van der Waals surface area contributed by atoms with Gasteiger partial charge in [-0.1, -0.05) is 11.8 Å². The Morgan fingerprint density at radius 2 is 2.19 bits per heavy atom. The standard InChI is InChI=1S/C14H14N4O2S/c19-13-11(5-7-20-13)21-14-17-16-12(18(14)10-3-4-10)9-2-1-6-15-8-9/h1-2,6,8,10-11H,3-5,7H2/t11-/m0/s1. The lowest BCUT2D eigenvalue weighted by Crippen LogP contribution is -2.11. The normalized spacial score (nSPS) is 21.5. The van der Waals surface area contributed by atoms with Gasteiger partial charge in [-0.05, 0) is 25.0 Å². The predicted molar refractivity (Wildman–Crippen MR) is 76.7 cm³/mol. The molecule has 7 heteroatoms. The minimum absolute atomic E-state index is 0.145. The van der Waals surface area contributed by atoms with Gasteiger partial charge >= 0.3 is 5.97 Å². The molecule has 0 aromatic carbocycles. The highest BCUT2D eigenvalue weighted by molar-refractivity contribution is 8.00. The van der Waals surface area contributed by atoms with Gasteiger partial charge in [-0.25, -0.2) is 0 Å². The summed E-state index contributed by atoms with van der Waals surface area (Å²) in [7, 11) is 0. The van der Waals surface area contributed by atoms with E-state index in [-0.39, 0.29) is 11.2 Å². The molecule has 3 heterocycles. The molecule has 0 radical (unpaired) electrons. The Morgan fingerprint density at radius 3 is 2.86 bits per heavy atom. The first-order valence-corrected chi connectivity index (χ1v) is 7.89. The summed E-state index contributed by atoms with van der Waals surface area (Å²) in [4.78, 5) is 15.8. The van der Waals surface area contributed by atoms with Crippen LogP contribution in [0.1, 0.15) is 25.3 Å². The first-order valence-electron chi connectivity index (χ1n) is 7.01. The molecule has 2 aliphatic rings. The summed E-state index contributed by atoms with van der Waals surface area (Å²) in [6.07, 6.45) is 6.54. The van der Waals surface area contributed by atoms with Crippen molar-refractivity contribution in [2.75, 3.05) is 6.61 Å². The van der Waals surface area contributed by atoms with Crippen LogP contribution in [-0.4, -0.2) is 37.6 Å². The summed E-state index contributed by atoms with van der Waals surface area (Å²) < 4.78 is 7.16. The first kappa shape index (κ1) is 12.8. The van der Waals surface area contributed by atoms with Crippen LogP contribution in [0.25, 0.3) is 11.4 Å². The molecule has 1 saturated heterocycles. The van der Waals surface area contributed by atoms with Crippen LogP contribution in [0.2, 0.25) is 0 Å². The van der Waals surface area contributed by atoms with E-state index >= 15 is 0 Å². The van der Waals surface area contributed by atoms with Crippen LogP contribution < -0.4 is 0 Å². The molecule has 6 nitrogen and oxygen atoms in total. The van der Waals surface area contributed by atoms with Gasteiger partial charge in [0.25, 0.3) is 0 Å². The van der Waals surface area contributed by atoms with E-state index in [0.29, 0.717) is 12.6 Å². The zero-order chi connectivity index (χ0) is 14.2.